The van der Waals surface area contributed by atoms with Crippen molar-refractivity contribution in [1.29, 1.82) is 0 Å². The number of ketones is 1. The Bertz CT molecular complexity index is 1780. The fourth-order valence-electron chi connectivity index (χ4n) is 5.57. The van der Waals surface area contributed by atoms with E-state index >= 15 is 0 Å². The largest absolute Gasteiger partial charge is 0.350 e. The predicted molar refractivity (Wildman–Crippen MR) is 168 cm³/mol. The number of rotatable bonds is 9. The van der Waals surface area contributed by atoms with Gasteiger partial charge < -0.3 is 15.5 Å². The van der Waals surface area contributed by atoms with Crippen LogP contribution in [0.15, 0.2) is 73.6 Å². The van der Waals surface area contributed by atoms with Crippen LogP contribution in [-0.2, 0) is 17.8 Å². The van der Waals surface area contributed by atoms with Crippen molar-refractivity contribution in [1.82, 2.24) is 29.9 Å². The van der Waals surface area contributed by atoms with Crippen molar-refractivity contribution in [2.24, 2.45) is 0 Å². The molecule has 1 aliphatic rings. The molecule has 0 amide bonds. The van der Waals surface area contributed by atoms with Gasteiger partial charge in [0.1, 0.15) is 0 Å². The van der Waals surface area contributed by atoms with Gasteiger partial charge in [-0.15, -0.1) is 0 Å². The van der Waals surface area contributed by atoms with Gasteiger partial charge in [-0.05, 0) is 41.5 Å². The normalized spacial score (nSPS) is 15.4. The van der Waals surface area contributed by atoms with Crippen molar-refractivity contribution >= 4 is 34.1 Å². The molecule has 1 saturated heterocycles. The molecule has 9 heteroatoms. The zero-order valence-corrected chi connectivity index (χ0v) is 24.3. The molecule has 1 unspecified atom stereocenters. The highest BCUT2D eigenvalue weighted by Gasteiger charge is 2.22. The molecule has 0 bridgehead atoms. The number of piperazine rings is 1. The molecule has 0 aliphatic carbocycles. The van der Waals surface area contributed by atoms with Crippen LogP contribution in [0, 0.1) is 0 Å². The van der Waals surface area contributed by atoms with Crippen LogP contribution in [0.1, 0.15) is 43.4 Å². The summed E-state index contributed by atoms with van der Waals surface area (Å²) < 4.78 is 1.81. The molecule has 5 aromatic rings. The van der Waals surface area contributed by atoms with Gasteiger partial charge in [-0.25, -0.2) is 0 Å². The molecule has 1 aliphatic heterocycles. The summed E-state index contributed by atoms with van der Waals surface area (Å²) in [5.74, 6) is 1.67. The van der Waals surface area contributed by atoms with E-state index in [-0.39, 0.29) is 11.7 Å². The van der Waals surface area contributed by atoms with E-state index in [4.69, 9.17) is 15.0 Å². The summed E-state index contributed by atoms with van der Waals surface area (Å²) in [5.41, 5.74) is 5.91. The van der Waals surface area contributed by atoms with Crippen molar-refractivity contribution in [3.63, 3.8) is 0 Å². The first kappa shape index (κ1) is 27.5. The lowest BCUT2D eigenvalue weighted by molar-refractivity contribution is -0.114. The summed E-state index contributed by atoms with van der Waals surface area (Å²) in [5, 5.41) is 13.8. The standard InChI is InChI=1S/C33H36N8O/c1-5-26(42)17-23-10-11-28-24(16-23)12-13-35-30(28)27-9-7-6-8-25(27)18-36-32-39-33(40-15-14-34-22(4)20-40)38-31-29(21(2)3)19-37-41(31)32/h5-13,16,19,21-22,34H,1,14-15,17-18,20H2,2-4H3,(H,36,38,39). The number of carbonyl (C=O) groups is 1. The van der Waals surface area contributed by atoms with Crippen molar-refractivity contribution in [3.8, 4) is 11.3 Å². The zero-order valence-electron chi connectivity index (χ0n) is 24.3. The molecule has 2 aromatic carbocycles. The molecule has 1 atom stereocenters. The second kappa shape index (κ2) is 11.7. The minimum atomic E-state index is 0.00574. The van der Waals surface area contributed by atoms with Crippen molar-refractivity contribution in [2.45, 2.75) is 45.7 Å². The van der Waals surface area contributed by atoms with Crippen LogP contribution in [0.4, 0.5) is 11.9 Å². The average molecular weight is 561 g/mol. The highest BCUT2D eigenvalue weighted by atomic mass is 16.1. The number of nitrogens with zero attached hydrogens (tertiary/aromatic N) is 6. The van der Waals surface area contributed by atoms with Gasteiger partial charge in [-0.1, -0.05) is 62.9 Å². The maximum Gasteiger partial charge on any atom is 0.230 e. The van der Waals surface area contributed by atoms with Gasteiger partial charge in [-0.3, -0.25) is 9.78 Å². The van der Waals surface area contributed by atoms with E-state index in [1.54, 1.807) is 0 Å². The number of pyridine rings is 1. The van der Waals surface area contributed by atoms with Gasteiger partial charge >= 0.3 is 0 Å². The van der Waals surface area contributed by atoms with E-state index in [1.165, 1.54) is 6.08 Å². The molecule has 0 spiro atoms. The van der Waals surface area contributed by atoms with E-state index in [2.05, 4.69) is 72.2 Å². The summed E-state index contributed by atoms with van der Waals surface area (Å²) in [6, 6.07) is 16.7. The van der Waals surface area contributed by atoms with E-state index < -0.39 is 0 Å². The van der Waals surface area contributed by atoms with Crippen LogP contribution in [0.25, 0.3) is 27.7 Å². The lowest BCUT2D eigenvalue weighted by Crippen LogP contribution is -2.49. The molecule has 2 N–H and O–H groups in total. The Morgan fingerprint density at radius 2 is 2.05 bits per heavy atom. The number of allylic oxidation sites excluding steroid dienone is 1. The van der Waals surface area contributed by atoms with Gasteiger partial charge in [0, 0.05) is 61.4 Å². The molecule has 1 fully saturated rings. The van der Waals surface area contributed by atoms with Gasteiger partial charge in [-0.2, -0.15) is 19.6 Å². The summed E-state index contributed by atoms with van der Waals surface area (Å²) in [4.78, 5) is 28.9. The highest BCUT2D eigenvalue weighted by Crippen LogP contribution is 2.31. The smallest absolute Gasteiger partial charge is 0.230 e. The maximum absolute atomic E-state index is 11.9. The molecule has 4 heterocycles. The van der Waals surface area contributed by atoms with Crippen molar-refractivity contribution < 1.29 is 4.79 Å². The van der Waals surface area contributed by atoms with Gasteiger partial charge in [0.05, 0.1) is 11.9 Å². The molecule has 0 saturated carbocycles. The Kier molecular flexibility index (Phi) is 7.67. The molecule has 6 rings (SSSR count). The third-order valence-corrected chi connectivity index (χ3v) is 7.80. The Morgan fingerprint density at radius 1 is 1.19 bits per heavy atom. The Labute approximate surface area is 245 Å². The molecule has 9 nitrogen and oxygen atoms in total. The van der Waals surface area contributed by atoms with Crippen LogP contribution >= 0.6 is 0 Å². The van der Waals surface area contributed by atoms with Crippen molar-refractivity contribution in [3.05, 3.63) is 90.3 Å². The zero-order chi connectivity index (χ0) is 29.2. The van der Waals surface area contributed by atoms with Crippen LogP contribution < -0.4 is 15.5 Å². The monoisotopic (exact) mass is 560 g/mol. The molecular weight excluding hydrogens is 524 g/mol. The lowest BCUT2D eigenvalue weighted by atomic mass is 9.97. The third-order valence-electron chi connectivity index (χ3n) is 7.80. The minimum absolute atomic E-state index is 0.00574. The number of carbonyl (C=O) groups excluding carboxylic acids is 1. The first-order valence-corrected chi connectivity index (χ1v) is 14.5. The molecule has 42 heavy (non-hydrogen) atoms. The molecule has 3 aromatic heterocycles. The van der Waals surface area contributed by atoms with E-state index in [0.717, 1.165) is 69.9 Å². The predicted octanol–water partition coefficient (Wildman–Crippen LogP) is 5.17. The van der Waals surface area contributed by atoms with Gasteiger partial charge in [0.2, 0.25) is 11.9 Å². The van der Waals surface area contributed by atoms with Crippen LogP contribution in [0.5, 0.6) is 0 Å². The van der Waals surface area contributed by atoms with Gasteiger partial charge in [0.15, 0.2) is 11.4 Å². The van der Waals surface area contributed by atoms with E-state index in [9.17, 15) is 4.79 Å². The second-order valence-corrected chi connectivity index (χ2v) is 11.2. The number of fused-ring (bicyclic) bond motifs is 2. The Hall–Kier alpha value is -4.63. The molecule has 214 valence electrons. The minimum Gasteiger partial charge on any atom is -0.350 e. The van der Waals surface area contributed by atoms with E-state index in [1.807, 2.05) is 41.2 Å². The number of aromatic nitrogens is 5. The van der Waals surface area contributed by atoms with Crippen LogP contribution in [-0.4, -0.2) is 56.0 Å². The number of hydrogen-bond acceptors (Lipinski definition) is 8. The molecule has 0 radical (unpaired) electrons. The first-order valence-electron chi connectivity index (χ1n) is 14.5. The van der Waals surface area contributed by atoms with Crippen LogP contribution in [0.3, 0.4) is 0 Å². The van der Waals surface area contributed by atoms with Crippen LogP contribution in [0.2, 0.25) is 0 Å². The summed E-state index contributed by atoms with van der Waals surface area (Å²) in [6.45, 7) is 13.2. The number of nitrogens with one attached hydrogen (secondary N) is 2. The van der Waals surface area contributed by atoms with Gasteiger partial charge in [0.25, 0.3) is 0 Å². The second-order valence-electron chi connectivity index (χ2n) is 11.2. The molecular formula is C33H36N8O. The Balaban J connectivity index is 1.35. The third kappa shape index (κ3) is 5.47. The fraction of sp³-hybridized carbons (Fsp3) is 0.303. The number of hydrogen-bond donors (Lipinski definition) is 2. The highest BCUT2D eigenvalue weighted by molar-refractivity contribution is 5.97. The average Bonchev–Trinajstić information content (AvgIpc) is 3.44. The number of benzene rings is 2. The lowest BCUT2D eigenvalue weighted by Gasteiger charge is -2.32. The SMILES string of the molecule is C=CC(=O)Cc1ccc2c(-c3ccccc3CNc3nc(N4CCNC(C)C4)nc4c(C(C)C)cnn34)nccc2c1. The first-order chi connectivity index (χ1) is 20.4. The van der Waals surface area contributed by atoms with E-state index in [0.29, 0.717) is 25.0 Å². The fourth-order valence-corrected chi connectivity index (χ4v) is 5.57. The maximum atomic E-state index is 11.9. The number of anilines is 2. The van der Waals surface area contributed by atoms with Crippen molar-refractivity contribution in [2.75, 3.05) is 29.9 Å². The topological polar surface area (TPSA) is 100 Å². The Morgan fingerprint density at radius 3 is 2.86 bits per heavy atom. The quantitative estimate of drug-likeness (QED) is 0.238. The summed E-state index contributed by atoms with van der Waals surface area (Å²) in [6.07, 6.45) is 5.44. The summed E-state index contributed by atoms with van der Waals surface area (Å²) >= 11 is 0. The summed E-state index contributed by atoms with van der Waals surface area (Å²) in [7, 11) is 0.